The van der Waals surface area contributed by atoms with Crippen LogP contribution in [0.1, 0.15) is 24.0 Å². The van der Waals surface area contributed by atoms with Crippen LogP contribution in [-0.2, 0) is 4.79 Å². The van der Waals surface area contributed by atoms with Crippen molar-refractivity contribution in [3.63, 3.8) is 0 Å². The average Bonchev–Trinajstić information content (AvgIpc) is 2.47. The third kappa shape index (κ3) is 4.53. The maximum Gasteiger partial charge on any atom is 0.222 e. The molecular weight excluding hydrogens is 268 g/mol. The van der Waals surface area contributed by atoms with E-state index in [-0.39, 0.29) is 0 Å². The van der Waals surface area contributed by atoms with E-state index in [2.05, 4.69) is 37.4 Å². The molecule has 0 radical (unpaired) electrons. The van der Waals surface area contributed by atoms with E-state index in [1.807, 2.05) is 16.7 Å². The number of hydrogen-bond donors (Lipinski definition) is 1. The number of rotatable bonds is 5. The first kappa shape index (κ1) is 15.4. The Morgan fingerprint density at radius 2 is 2.05 bits per heavy atom. The van der Waals surface area contributed by atoms with Crippen LogP contribution < -0.4 is 5.32 Å². The first-order valence-corrected chi connectivity index (χ1v) is 8.34. The second kappa shape index (κ2) is 7.70. The van der Waals surface area contributed by atoms with Crippen molar-refractivity contribution in [2.45, 2.75) is 31.6 Å². The lowest BCUT2D eigenvalue weighted by atomic mass is 10.2. The molecule has 1 aromatic carbocycles. The number of amides is 1. The number of aryl methyl sites for hydroxylation is 2. The smallest absolute Gasteiger partial charge is 0.222 e. The molecule has 0 aliphatic carbocycles. The lowest BCUT2D eigenvalue weighted by Crippen LogP contribution is -2.46. The Morgan fingerprint density at radius 3 is 2.80 bits per heavy atom. The summed E-state index contributed by atoms with van der Waals surface area (Å²) in [4.78, 5) is 15.4. The van der Waals surface area contributed by atoms with Gasteiger partial charge in [-0.05, 0) is 37.7 Å². The molecule has 1 N–H and O–H groups in total. The quantitative estimate of drug-likeness (QED) is 0.669. The number of piperazine rings is 1. The molecule has 0 spiro atoms. The summed E-state index contributed by atoms with van der Waals surface area (Å²) < 4.78 is 0. The zero-order valence-electron chi connectivity index (χ0n) is 12.4. The Kier molecular flexibility index (Phi) is 5.92. The number of hydrogen-bond acceptors (Lipinski definition) is 3. The van der Waals surface area contributed by atoms with Crippen molar-refractivity contribution < 1.29 is 4.79 Å². The summed E-state index contributed by atoms with van der Waals surface area (Å²) in [5.41, 5.74) is 2.63. The third-order valence-corrected chi connectivity index (χ3v) is 4.85. The van der Waals surface area contributed by atoms with Crippen LogP contribution in [0, 0.1) is 13.8 Å². The van der Waals surface area contributed by atoms with Crippen LogP contribution in [0.5, 0.6) is 0 Å². The van der Waals surface area contributed by atoms with Gasteiger partial charge in [0.15, 0.2) is 0 Å². The molecule has 1 heterocycles. The van der Waals surface area contributed by atoms with Gasteiger partial charge in [-0.2, -0.15) is 0 Å². The summed E-state index contributed by atoms with van der Waals surface area (Å²) in [6, 6.07) is 6.55. The Morgan fingerprint density at radius 1 is 1.30 bits per heavy atom. The van der Waals surface area contributed by atoms with Crippen molar-refractivity contribution in [2.75, 3.05) is 31.9 Å². The van der Waals surface area contributed by atoms with E-state index in [4.69, 9.17) is 0 Å². The molecule has 20 heavy (non-hydrogen) atoms. The number of thioether (sulfide) groups is 1. The van der Waals surface area contributed by atoms with E-state index < -0.39 is 0 Å². The van der Waals surface area contributed by atoms with E-state index in [9.17, 15) is 4.79 Å². The predicted octanol–water partition coefficient (Wildman–Crippen LogP) is 2.61. The molecule has 110 valence electrons. The Labute approximate surface area is 126 Å². The molecule has 1 amide bonds. The van der Waals surface area contributed by atoms with Crippen molar-refractivity contribution in [1.29, 1.82) is 0 Å². The number of nitrogens with zero attached hydrogens (tertiary/aromatic N) is 1. The molecular formula is C16H24N2OS. The molecule has 1 aliphatic rings. The van der Waals surface area contributed by atoms with Gasteiger partial charge in [-0.15, -0.1) is 11.8 Å². The highest BCUT2D eigenvalue weighted by Gasteiger charge is 2.15. The first-order valence-electron chi connectivity index (χ1n) is 7.35. The van der Waals surface area contributed by atoms with E-state index in [0.29, 0.717) is 12.3 Å². The fraction of sp³-hybridized carbons (Fsp3) is 0.562. The summed E-state index contributed by atoms with van der Waals surface area (Å²) in [5, 5.41) is 3.27. The fourth-order valence-electron chi connectivity index (χ4n) is 2.34. The summed E-state index contributed by atoms with van der Waals surface area (Å²) in [6.45, 7) is 7.86. The van der Waals surface area contributed by atoms with Crippen LogP contribution in [0.4, 0.5) is 0 Å². The average molecular weight is 292 g/mol. The normalized spacial score (nSPS) is 15.4. The topological polar surface area (TPSA) is 32.3 Å². The van der Waals surface area contributed by atoms with E-state index in [1.165, 1.54) is 16.0 Å². The summed E-state index contributed by atoms with van der Waals surface area (Å²) in [7, 11) is 0. The van der Waals surface area contributed by atoms with Crippen LogP contribution in [0.2, 0.25) is 0 Å². The molecule has 0 unspecified atom stereocenters. The van der Waals surface area contributed by atoms with Gasteiger partial charge < -0.3 is 10.2 Å². The molecule has 1 fully saturated rings. The van der Waals surface area contributed by atoms with Crippen molar-refractivity contribution in [2.24, 2.45) is 0 Å². The second-order valence-electron chi connectivity index (χ2n) is 5.35. The third-order valence-electron chi connectivity index (χ3n) is 3.61. The van der Waals surface area contributed by atoms with Crippen molar-refractivity contribution in [3.05, 3.63) is 29.3 Å². The molecule has 1 saturated heterocycles. The monoisotopic (exact) mass is 292 g/mol. The number of nitrogens with one attached hydrogen (secondary N) is 1. The standard InChI is InChI=1S/C16H24N2OS/c1-13-5-6-14(2)15(12-13)20-11-3-4-16(19)18-9-7-17-8-10-18/h5-6,12,17H,3-4,7-11H2,1-2H3. The summed E-state index contributed by atoms with van der Waals surface area (Å²) in [6.07, 6.45) is 1.64. The minimum Gasteiger partial charge on any atom is -0.340 e. The van der Waals surface area contributed by atoms with Gasteiger partial charge in [0.1, 0.15) is 0 Å². The zero-order chi connectivity index (χ0) is 14.4. The molecule has 4 heteroatoms. The van der Waals surface area contributed by atoms with Crippen LogP contribution in [-0.4, -0.2) is 42.7 Å². The van der Waals surface area contributed by atoms with E-state index in [0.717, 1.165) is 38.4 Å². The molecule has 0 atom stereocenters. The van der Waals surface area contributed by atoms with Gasteiger partial charge in [-0.3, -0.25) is 4.79 Å². The lowest BCUT2D eigenvalue weighted by molar-refractivity contribution is -0.131. The molecule has 0 saturated carbocycles. The lowest BCUT2D eigenvalue weighted by Gasteiger charge is -2.27. The second-order valence-corrected chi connectivity index (χ2v) is 6.49. The van der Waals surface area contributed by atoms with Crippen molar-refractivity contribution >= 4 is 17.7 Å². The van der Waals surface area contributed by atoms with Gasteiger partial charge in [-0.25, -0.2) is 0 Å². The van der Waals surface area contributed by atoms with Gasteiger partial charge in [0.05, 0.1) is 0 Å². The molecule has 1 aromatic rings. The molecule has 2 rings (SSSR count). The largest absolute Gasteiger partial charge is 0.340 e. The van der Waals surface area contributed by atoms with Gasteiger partial charge in [0, 0.05) is 37.5 Å². The maximum atomic E-state index is 12.0. The zero-order valence-corrected chi connectivity index (χ0v) is 13.3. The van der Waals surface area contributed by atoms with Gasteiger partial charge >= 0.3 is 0 Å². The summed E-state index contributed by atoms with van der Waals surface area (Å²) in [5.74, 6) is 1.33. The molecule has 0 aromatic heterocycles. The minimum atomic E-state index is 0.313. The fourth-order valence-corrected chi connectivity index (χ4v) is 3.41. The Balaban J connectivity index is 1.70. The van der Waals surface area contributed by atoms with Crippen LogP contribution in [0.15, 0.2) is 23.1 Å². The predicted molar refractivity (Wildman–Crippen MR) is 85.3 cm³/mol. The maximum absolute atomic E-state index is 12.0. The highest BCUT2D eigenvalue weighted by molar-refractivity contribution is 7.99. The number of benzene rings is 1. The minimum absolute atomic E-state index is 0.313. The number of carbonyl (C=O) groups is 1. The van der Waals surface area contributed by atoms with E-state index in [1.54, 1.807) is 0 Å². The van der Waals surface area contributed by atoms with Gasteiger partial charge in [0.2, 0.25) is 5.91 Å². The first-order chi connectivity index (χ1) is 9.66. The molecule has 1 aliphatic heterocycles. The van der Waals surface area contributed by atoms with Crippen molar-refractivity contribution in [3.8, 4) is 0 Å². The SMILES string of the molecule is Cc1ccc(C)c(SCCCC(=O)N2CCNCC2)c1. The molecule has 0 bridgehead atoms. The van der Waals surface area contributed by atoms with Crippen LogP contribution >= 0.6 is 11.8 Å². The van der Waals surface area contributed by atoms with Crippen molar-refractivity contribution in [1.82, 2.24) is 10.2 Å². The Bertz CT molecular complexity index is 456. The highest BCUT2D eigenvalue weighted by atomic mass is 32.2. The van der Waals surface area contributed by atoms with Crippen LogP contribution in [0.3, 0.4) is 0 Å². The van der Waals surface area contributed by atoms with E-state index >= 15 is 0 Å². The van der Waals surface area contributed by atoms with Gasteiger partial charge in [0.25, 0.3) is 0 Å². The Hall–Kier alpha value is -1.00. The number of carbonyl (C=O) groups excluding carboxylic acids is 1. The molecule has 3 nitrogen and oxygen atoms in total. The summed E-state index contributed by atoms with van der Waals surface area (Å²) >= 11 is 1.87. The van der Waals surface area contributed by atoms with Gasteiger partial charge in [-0.1, -0.05) is 17.7 Å². The highest BCUT2D eigenvalue weighted by Crippen LogP contribution is 2.24. The van der Waals surface area contributed by atoms with Crippen LogP contribution in [0.25, 0.3) is 0 Å².